The summed E-state index contributed by atoms with van der Waals surface area (Å²) < 4.78 is 0. The topological polar surface area (TPSA) is 25.8 Å². The molecule has 0 aliphatic carbocycles. The molecule has 9 aromatic rings. The van der Waals surface area contributed by atoms with Gasteiger partial charge in [0.25, 0.3) is 0 Å². The summed E-state index contributed by atoms with van der Waals surface area (Å²) in [4.78, 5) is 10.6. The van der Waals surface area contributed by atoms with Crippen LogP contribution in [0.4, 0.5) is 0 Å². The Bertz CT molecular complexity index is 2540. The summed E-state index contributed by atoms with van der Waals surface area (Å²) in [6, 6.07) is 59.9. The van der Waals surface area contributed by atoms with Crippen LogP contribution < -0.4 is 0 Å². The lowest BCUT2D eigenvalue weighted by Crippen LogP contribution is -2.00. The van der Waals surface area contributed by atoms with Crippen LogP contribution in [-0.2, 0) is 0 Å². The van der Waals surface area contributed by atoms with E-state index in [4.69, 9.17) is 9.97 Å². The van der Waals surface area contributed by atoms with Crippen molar-refractivity contribution in [1.82, 2.24) is 9.97 Å². The minimum atomic E-state index is 0.793. The average molecular weight is 689 g/mol. The predicted octanol–water partition coefficient (Wildman–Crippen LogP) is 13.8. The van der Waals surface area contributed by atoms with Gasteiger partial charge in [-0.05, 0) is 114 Å². The van der Waals surface area contributed by atoms with Gasteiger partial charge in [0, 0.05) is 0 Å². The third-order valence-electron chi connectivity index (χ3n) is 9.84. The van der Waals surface area contributed by atoms with E-state index in [0.29, 0.717) is 0 Å². The van der Waals surface area contributed by atoms with Crippen LogP contribution in [0.15, 0.2) is 170 Å². The molecule has 2 heteroatoms. The average Bonchev–Trinajstić information content (AvgIpc) is 3.23. The van der Waals surface area contributed by atoms with Gasteiger partial charge in [-0.25, -0.2) is 9.97 Å². The maximum Gasteiger partial charge on any atom is 0.0894 e. The summed E-state index contributed by atoms with van der Waals surface area (Å²) in [7, 11) is 0. The third kappa shape index (κ3) is 7.27. The molecule has 0 saturated carbocycles. The number of nitrogens with zero attached hydrogens (tertiary/aromatic N) is 2. The molecule has 0 spiro atoms. The van der Waals surface area contributed by atoms with E-state index < -0.39 is 0 Å². The number of hydrogen-bond acceptors (Lipinski definition) is 2. The fourth-order valence-corrected chi connectivity index (χ4v) is 6.93. The Morgan fingerprint density at radius 3 is 0.685 bits per heavy atom. The molecule has 0 radical (unpaired) electrons. The molecule has 0 aliphatic rings. The van der Waals surface area contributed by atoms with Crippen LogP contribution in [0.2, 0.25) is 0 Å². The summed E-state index contributed by atoms with van der Waals surface area (Å²) in [6.07, 6.45) is 16.9. The van der Waals surface area contributed by atoms with Gasteiger partial charge in [-0.1, -0.05) is 170 Å². The van der Waals surface area contributed by atoms with Crippen LogP contribution in [-0.4, -0.2) is 9.97 Å². The highest BCUT2D eigenvalue weighted by molar-refractivity contribution is 5.90. The fraction of sp³-hybridized carbons (Fsp3) is 0. The maximum atomic E-state index is 5.31. The molecule has 0 atom stereocenters. The van der Waals surface area contributed by atoms with Crippen LogP contribution in [0.1, 0.15) is 45.0 Å². The molecule has 54 heavy (non-hydrogen) atoms. The Morgan fingerprint density at radius 1 is 0.222 bits per heavy atom. The number of aromatic nitrogens is 2. The highest BCUT2D eigenvalue weighted by atomic mass is 14.8. The number of rotatable bonds is 8. The Labute approximate surface area is 315 Å². The molecule has 0 unspecified atom stereocenters. The Balaban J connectivity index is 1.16. The van der Waals surface area contributed by atoms with Gasteiger partial charge in [0.15, 0.2) is 0 Å². The second-order valence-electron chi connectivity index (χ2n) is 13.5. The largest absolute Gasteiger partial charge is 0.245 e. The smallest absolute Gasteiger partial charge is 0.0894 e. The van der Waals surface area contributed by atoms with Crippen molar-refractivity contribution < 1.29 is 0 Å². The van der Waals surface area contributed by atoms with Crippen molar-refractivity contribution in [3.05, 3.63) is 215 Å². The Kier molecular flexibility index (Phi) is 8.99. The van der Waals surface area contributed by atoms with Crippen LogP contribution in [0.3, 0.4) is 0 Å². The first-order valence-electron chi connectivity index (χ1n) is 18.3. The van der Waals surface area contributed by atoms with Gasteiger partial charge in [-0.3, -0.25) is 0 Å². The van der Waals surface area contributed by atoms with E-state index in [9.17, 15) is 0 Å². The van der Waals surface area contributed by atoms with Gasteiger partial charge < -0.3 is 0 Å². The molecule has 0 amide bonds. The molecular weight excluding hydrogens is 653 g/mol. The van der Waals surface area contributed by atoms with E-state index in [1.807, 2.05) is 0 Å². The second kappa shape index (κ2) is 14.8. The van der Waals surface area contributed by atoms with E-state index in [2.05, 4.69) is 218 Å². The Morgan fingerprint density at radius 2 is 0.444 bits per heavy atom. The maximum absolute atomic E-state index is 5.31. The fourth-order valence-electron chi connectivity index (χ4n) is 6.93. The summed E-state index contributed by atoms with van der Waals surface area (Å²) in [5.41, 5.74) is 7.59. The molecule has 0 fully saturated rings. The van der Waals surface area contributed by atoms with Crippen molar-refractivity contribution in [3.8, 4) is 0 Å². The minimum Gasteiger partial charge on any atom is -0.245 e. The SMILES string of the molecule is C(=C\c1nc(/C=C/c2ccc3ccccc3c2)c(/C=C/c2ccc3ccccc3c2)nc1/C=C/c1ccc2ccccc2c1)/c1ccc2ccccc2c1. The molecule has 9 rings (SSSR count). The van der Waals surface area contributed by atoms with Crippen molar-refractivity contribution in [1.29, 1.82) is 0 Å². The lowest BCUT2D eigenvalue weighted by molar-refractivity contribution is 1.12. The summed E-state index contributed by atoms with van der Waals surface area (Å²) >= 11 is 0. The normalized spacial score (nSPS) is 12.1. The summed E-state index contributed by atoms with van der Waals surface area (Å²) in [5, 5.41) is 9.69. The van der Waals surface area contributed by atoms with Gasteiger partial charge in [-0.15, -0.1) is 0 Å². The molecular formula is C52H36N2. The molecule has 254 valence electrons. The van der Waals surface area contributed by atoms with Crippen molar-refractivity contribution in [3.63, 3.8) is 0 Å². The van der Waals surface area contributed by atoms with Crippen molar-refractivity contribution in [2.24, 2.45) is 0 Å². The molecule has 0 aliphatic heterocycles. The van der Waals surface area contributed by atoms with Gasteiger partial charge >= 0.3 is 0 Å². The van der Waals surface area contributed by atoms with E-state index in [1.165, 1.54) is 43.1 Å². The van der Waals surface area contributed by atoms with Crippen LogP contribution >= 0.6 is 0 Å². The molecule has 1 heterocycles. The van der Waals surface area contributed by atoms with E-state index in [0.717, 1.165) is 45.0 Å². The first kappa shape index (κ1) is 32.7. The predicted molar refractivity (Wildman–Crippen MR) is 234 cm³/mol. The zero-order valence-corrected chi connectivity index (χ0v) is 29.7. The summed E-state index contributed by atoms with van der Waals surface area (Å²) in [6.45, 7) is 0. The third-order valence-corrected chi connectivity index (χ3v) is 9.84. The number of hydrogen-bond donors (Lipinski definition) is 0. The van der Waals surface area contributed by atoms with E-state index in [-0.39, 0.29) is 0 Å². The van der Waals surface area contributed by atoms with Gasteiger partial charge in [0.05, 0.1) is 22.8 Å². The van der Waals surface area contributed by atoms with Crippen molar-refractivity contribution >= 4 is 91.7 Å². The molecule has 0 N–H and O–H groups in total. The monoisotopic (exact) mass is 688 g/mol. The highest BCUT2D eigenvalue weighted by Crippen LogP contribution is 2.25. The van der Waals surface area contributed by atoms with Gasteiger partial charge in [0.2, 0.25) is 0 Å². The molecule has 0 bridgehead atoms. The molecule has 8 aromatic carbocycles. The molecule has 0 saturated heterocycles. The van der Waals surface area contributed by atoms with E-state index in [1.54, 1.807) is 0 Å². The van der Waals surface area contributed by atoms with Gasteiger partial charge in [0.1, 0.15) is 0 Å². The Hall–Kier alpha value is -7.16. The lowest BCUT2D eigenvalue weighted by atomic mass is 10.0. The van der Waals surface area contributed by atoms with Crippen LogP contribution in [0.5, 0.6) is 0 Å². The first-order chi connectivity index (χ1) is 26.7. The lowest BCUT2D eigenvalue weighted by Gasteiger charge is -2.08. The second-order valence-corrected chi connectivity index (χ2v) is 13.5. The van der Waals surface area contributed by atoms with Gasteiger partial charge in [-0.2, -0.15) is 0 Å². The number of benzene rings is 8. The van der Waals surface area contributed by atoms with Crippen molar-refractivity contribution in [2.75, 3.05) is 0 Å². The van der Waals surface area contributed by atoms with E-state index >= 15 is 0 Å². The number of fused-ring (bicyclic) bond motifs is 4. The standard InChI is InChI=1S/C52H36N2/c1-5-13-45-33-37(17-25-41(45)9-1)21-29-49-50(30-22-38-18-26-42-10-2-6-14-46(42)34-38)54-52(32-24-40-20-28-44-12-4-8-16-48(44)36-40)51(53-49)31-23-39-19-27-43-11-3-7-15-47(43)35-39/h1-36H/b29-21+,30-22+,31-23+,32-24+. The minimum absolute atomic E-state index is 0.793. The van der Waals surface area contributed by atoms with Crippen molar-refractivity contribution in [2.45, 2.75) is 0 Å². The van der Waals surface area contributed by atoms with Crippen LogP contribution in [0.25, 0.3) is 91.7 Å². The highest BCUT2D eigenvalue weighted by Gasteiger charge is 2.09. The van der Waals surface area contributed by atoms with Crippen LogP contribution in [0, 0.1) is 0 Å². The zero-order valence-electron chi connectivity index (χ0n) is 29.7. The molecule has 1 aromatic heterocycles. The molecule has 2 nitrogen and oxygen atoms in total. The zero-order chi connectivity index (χ0) is 36.1. The quantitative estimate of drug-likeness (QED) is 0.159. The first-order valence-corrected chi connectivity index (χ1v) is 18.3. The summed E-state index contributed by atoms with van der Waals surface area (Å²) in [5.74, 6) is 0.